The molecule has 1 aliphatic rings. The predicted molar refractivity (Wildman–Crippen MR) is 162 cm³/mol. The summed E-state index contributed by atoms with van der Waals surface area (Å²) in [6.07, 6.45) is 1.18. The van der Waals surface area contributed by atoms with E-state index in [0.717, 1.165) is 15.4 Å². The molecule has 3 aromatic carbocycles. The van der Waals surface area contributed by atoms with Crippen molar-refractivity contribution in [1.82, 2.24) is 14.1 Å². The van der Waals surface area contributed by atoms with Gasteiger partial charge in [0.25, 0.3) is 0 Å². The Kier molecular flexibility index (Phi) is 9.46. The van der Waals surface area contributed by atoms with Crippen molar-refractivity contribution in [1.29, 1.82) is 5.26 Å². The van der Waals surface area contributed by atoms with Crippen molar-refractivity contribution in [2.75, 3.05) is 41.3 Å². The first-order chi connectivity index (χ1) is 20.0. The molecule has 0 bridgehead atoms. The third kappa shape index (κ3) is 6.23. The molecule has 9 nitrogen and oxygen atoms in total. The van der Waals surface area contributed by atoms with Crippen LogP contribution in [0.25, 0.3) is 0 Å². The molecule has 3 aromatic rings. The molecule has 1 saturated heterocycles. The normalized spacial score (nSPS) is 15.7. The lowest BCUT2D eigenvalue weighted by Crippen LogP contribution is -2.49. The van der Waals surface area contributed by atoms with Gasteiger partial charge in [-0.15, -0.1) is 0 Å². The molecule has 0 radical (unpaired) electrons. The zero-order chi connectivity index (χ0) is 30.5. The predicted octanol–water partition coefficient (Wildman–Crippen LogP) is 3.84. The third-order valence-corrected chi connectivity index (χ3v) is 9.60. The maximum atomic E-state index is 13.1. The van der Waals surface area contributed by atoms with Crippen molar-refractivity contribution in [3.05, 3.63) is 96.1 Å². The zero-order valence-corrected chi connectivity index (χ0v) is 25.2. The van der Waals surface area contributed by atoms with E-state index < -0.39 is 27.4 Å². The van der Waals surface area contributed by atoms with Gasteiger partial charge in [0, 0.05) is 41.3 Å². The van der Waals surface area contributed by atoms with E-state index in [4.69, 9.17) is 4.99 Å². The Labute approximate surface area is 248 Å². The molecule has 1 aliphatic heterocycles. The van der Waals surface area contributed by atoms with Gasteiger partial charge in [0.05, 0.1) is 16.7 Å². The van der Waals surface area contributed by atoms with Gasteiger partial charge in [-0.2, -0.15) is 5.26 Å². The van der Waals surface area contributed by atoms with Crippen LogP contribution in [0.4, 0.5) is 5.69 Å². The number of rotatable bonds is 8. The van der Waals surface area contributed by atoms with E-state index >= 15 is 0 Å². The van der Waals surface area contributed by atoms with Gasteiger partial charge in [0.1, 0.15) is 11.4 Å². The molecular formula is C32H37N5O4S. The summed E-state index contributed by atoms with van der Waals surface area (Å²) in [5.74, 6) is -1.36. The van der Waals surface area contributed by atoms with Crippen molar-refractivity contribution < 1.29 is 18.3 Å². The molecule has 1 N–H and O–H groups in total. The van der Waals surface area contributed by atoms with Gasteiger partial charge in [-0.25, -0.2) is 17.7 Å². The molecule has 1 unspecified atom stereocenters. The third-order valence-electron chi connectivity index (χ3n) is 7.77. The quantitative estimate of drug-likeness (QED) is 0.316. The van der Waals surface area contributed by atoms with Gasteiger partial charge in [-0.1, -0.05) is 60.7 Å². The number of carbonyl (C=O) groups excluding carboxylic acids is 1. The van der Waals surface area contributed by atoms with E-state index in [2.05, 4.69) is 6.07 Å². The Morgan fingerprint density at radius 3 is 1.86 bits per heavy atom. The minimum Gasteiger partial charge on any atom is -0.380 e. The van der Waals surface area contributed by atoms with Crippen LogP contribution in [-0.4, -0.2) is 80.7 Å². The van der Waals surface area contributed by atoms with Gasteiger partial charge in [-0.05, 0) is 54.2 Å². The smallest absolute Gasteiger partial charge is 0.247 e. The Morgan fingerprint density at radius 1 is 0.929 bits per heavy atom. The first-order valence-electron chi connectivity index (χ1n) is 13.8. The van der Waals surface area contributed by atoms with Crippen LogP contribution in [0.5, 0.6) is 0 Å². The second kappa shape index (κ2) is 12.9. The lowest BCUT2D eigenvalue weighted by molar-refractivity contribution is -0.129. The van der Waals surface area contributed by atoms with Gasteiger partial charge in [0.2, 0.25) is 15.9 Å². The number of hydrogen-bond donors (Lipinski definition) is 1. The van der Waals surface area contributed by atoms with Crippen LogP contribution in [0.2, 0.25) is 0 Å². The molecule has 0 aliphatic carbocycles. The average Bonchev–Trinajstić information content (AvgIpc) is 3.01. The molecule has 0 aromatic heterocycles. The van der Waals surface area contributed by atoms with E-state index in [1.54, 1.807) is 26.2 Å². The summed E-state index contributed by atoms with van der Waals surface area (Å²) in [5.41, 5.74) is 0.845. The lowest BCUT2D eigenvalue weighted by Gasteiger charge is -2.43. The fraction of sp³-hybridized carbons (Fsp3) is 0.344. The van der Waals surface area contributed by atoms with Crippen molar-refractivity contribution in [3.63, 3.8) is 0 Å². The minimum atomic E-state index is -3.62. The summed E-state index contributed by atoms with van der Waals surface area (Å²) in [5, 5.41) is 22.4. The SMILES string of the molecule is CN(C)C(=O)C(C#N)C(=Nc1ccc(S(=O)(=O)N(C)C)cc1)N1CCC(C(O)(c2ccccc2)c2ccccc2)CC1. The summed E-state index contributed by atoms with van der Waals surface area (Å²) in [7, 11) is 2.50. The average molecular weight is 588 g/mol. The summed E-state index contributed by atoms with van der Waals surface area (Å²) < 4.78 is 26.2. The highest BCUT2D eigenvalue weighted by Gasteiger charge is 2.43. The molecule has 220 valence electrons. The van der Waals surface area contributed by atoms with Gasteiger partial charge >= 0.3 is 0 Å². The summed E-state index contributed by atoms with van der Waals surface area (Å²) >= 11 is 0. The van der Waals surface area contributed by atoms with Crippen LogP contribution in [0.1, 0.15) is 24.0 Å². The molecule has 1 atom stereocenters. The second-order valence-corrected chi connectivity index (χ2v) is 13.0. The van der Waals surface area contributed by atoms with Crippen molar-refractivity contribution in [3.8, 4) is 6.07 Å². The number of benzene rings is 3. The number of hydrogen-bond acceptors (Lipinski definition) is 6. The number of amides is 1. The summed E-state index contributed by atoms with van der Waals surface area (Å²) in [4.78, 5) is 21.2. The van der Waals surface area contributed by atoms with Crippen LogP contribution in [-0.2, 0) is 20.4 Å². The van der Waals surface area contributed by atoms with E-state index in [-0.39, 0.29) is 10.8 Å². The molecule has 0 spiro atoms. The molecule has 1 heterocycles. The molecule has 10 heteroatoms. The number of amidine groups is 1. The van der Waals surface area contributed by atoms with Crippen LogP contribution in [0.3, 0.4) is 0 Å². The Morgan fingerprint density at radius 2 is 1.43 bits per heavy atom. The fourth-order valence-corrected chi connectivity index (χ4v) is 6.29. The van der Waals surface area contributed by atoms with E-state index in [0.29, 0.717) is 37.5 Å². The molecule has 1 amide bonds. The molecule has 0 saturated carbocycles. The maximum absolute atomic E-state index is 13.1. The van der Waals surface area contributed by atoms with Crippen LogP contribution in [0.15, 0.2) is 94.8 Å². The molecular weight excluding hydrogens is 550 g/mol. The summed E-state index contributed by atoms with van der Waals surface area (Å²) in [6.45, 7) is 0.939. The van der Waals surface area contributed by atoms with Crippen LogP contribution in [0, 0.1) is 23.2 Å². The Hall–Kier alpha value is -4.04. The van der Waals surface area contributed by atoms with E-state index in [1.807, 2.05) is 65.6 Å². The highest BCUT2D eigenvalue weighted by molar-refractivity contribution is 7.89. The van der Waals surface area contributed by atoms with Crippen molar-refractivity contribution in [2.45, 2.75) is 23.3 Å². The zero-order valence-electron chi connectivity index (χ0n) is 24.4. The minimum absolute atomic E-state index is 0.121. The number of carbonyl (C=O) groups is 1. The second-order valence-electron chi connectivity index (χ2n) is 10.8. The lowest BCUT2D eigenvalue weighted by atomic mass is 9.72. The number of nitriles is 1. The molecule has 42 heavy (non-hydrogen) atoms. The topological polar surface area (TPSA) is 117 Å². The fourth-order valence-electron chi connectivity index (χ4n) is 5.38. The standard InChI is InChI=1S/C32H37N5O4S/c1-35(2)31(38)29(23-33)30(34-27-15-17-28(18-16-27)42(40,41)36(3)4)37-21-19-26(20-22-37)32(39,24-11-7-5-8-12-24)25-13-9-6-10-14-25/h5-18,26,29,39H,19-22H2,1-4H3. The van der Waals surface area contributed by atoms with Crippen LogP contribution < -0.4 is 0 Å². The van der Waals surface area contributed by atoms with Crippen molar-refractivity contribution >= 4 is 27.5 Å². The van der Waals surface area contributed by atoms with E-state index in [1.165, 1.54) is 31.1 Å². The van der Waals surface area contributed by atoms with Gasteiger partial charge in [0.15, 0.2) is 5.92 Å². The largest absolute Gasteiger partial charge is 0.380 e. The number of piperidine rings is 1. The molecule has 1 fully saturated rings. The number of sulfonamides is 1. The number of likely N-dealkylation sites (tertiary alicyclic amines) is 1. The van der Waals surface area contributed by atoms with Crippen molar-refractivity contribution in [2.24, 2.45) is 16.8 Å². The number of aliphatic imine (C=N–C) groups is 1. The molecule has 4 rings (SSSR count). The maximum Gasteiger partial charge on any atom is 0.247 e. The first kappa shape index (κ1) is 30.9. The Bertz CT molecular complexity index is 1500. The summed E-state index contributed by atoms with van der Waals surface area (Å²) in [6, 6.07) is 27.5. The van der Waals surface area contributed by atoms with Gasteiger partial charge in [-0.3, -0.25) is 4.79 Å². The highest BCUT2D eigenvalue weighted by atomic mass is 32.2. The Balaban J connectivity index is 1.67. The number of aliphatic hydroxyl groups is 1. The van der Waals surface area contributed by atoms with Crippen LogP contribution >= 0.6 is 0 Å². The first-order valence-corrected chi connectivity index (χ1v) is 15.2. The monoisotopic (exact) mass is 587 g/mol. The highest BCUT2D eigenvalue weighted by Crippen LogP contribution is 2.42. The van der Waals surface area contributed by atoms with E-state index in [9.17, 15) is 23.6 Å². The van der Waals surface area contributed by atoms with Gasteiger partial charge < -0.3 is 14.9 Å². The number of nitrogens with zero attached hydrogens (tertiary/aromatic N) is 5.